The molecule has 1 unspecified atom stereocenters. The number of hydrogen-bond donors (Lipinski definition) is 1. The largest absolute Gasteiger partial charge is 0.405 e. The molecule has 1 atom stereocenters. The average Bonchev–Trinajstić information content (AvgIpc) is 3.34. The molecule has 2 aromatic rings. The molecule has 10 heteroatoms. The Morgan fingerprint density at radius 1 is 1.32 bits per heavy atom. The lowest BCUT2D eigenvalue weighted by Gasteiger charge is -2.28. The summed E-state index contributed by atoms with van der Waals surface area (Å²) in [7, 11) is 0. The van der Waals surface area contributed by atoms with Gasteiger partial charge in [0.25, 0.3) is 0 Å². The van der Waals surface area contributed by atoms with Crippen molar-refractivity contribution in [1.82, 2.24) is 20.4 Å². The highest BCUT2D eigenvalue weighted by molar-refractivity contribution is 5.90. The van der Waals surface area contributed by atoms with Gasteiger partial charge in [0.05, 0.1) is 6.54 Å². The van der Waals surface area contributed by atoms with Crippen molar-refractivity contribution in [1.29, 1.82) is 0 Å². The Kier molecular flexibility index (Phi) is 5.21. The third-order valence-corrected chi connectivity index (χ3v) is 4.63. The minimum absolute atomic E-state index is 0.0437. The fourth-order valence-electron chi connectivity index (χ4n) is 3.02. The van der Waals surface area contributed by atoms with Gasteiger partial charge in [-0.15, -0.1) is 0 Å². The second-order valence-corrected chi connectivity index (χ2v) is 6.36. The highest BCUT2D eigenvalue weighted by atomic mass is 19.4. The smallest absolute Gasteiger partial charge is 0.343 e. The van der Waals surface area contributed by atoms with Crippen LogP contribution in [0.3, 0.4) is 0 Å². The standard InChI is InChI=1S/C18H17F3N4O3/c1-2-13(26)22-10-14(27)25-9-8-17(11-25,18(19,20)21)16-23-15(24-28-16)12-6-4-3-5-7-12/h2-7H,1,8-11H2,(H,22,26). The maximum atomic E-state index is 14.0. The van der Waals surface area contributed by atoms with Gasteiger partial charge in [0.1, 0.15) is 0 Å². The molecule has 1 aromatic heterocycles. The van der Waals surface area contributed by atoms with E-state index >= 15 is 0 Å². The Morgan fingerprint density at radius 2 is 2.04 bits per heavy atom. The number of aromatic nitrogens is 2. The molecular weight excluding hydrogens is 377 g/mol. The lowest BCUT2D eigenvalue weighted by molar-refractivity contribution is -0.193. The molecule has 1 saturated heterocycles. The monoisotopic (exact) mass is 394 g/mol. The SMILES string of the molecule is C=CC(=O)NCC(=O)N1CCC(c2nc(-c3ccccc3)no2)(C(F)(F)F)C1. The van der Waals surface area contributed by atoms with E-state index in [0.717, 1.165) is 11.0 Å². The molecule has 0 saturated carbocycles. The van der Waals surface area contributed by atoms with Crippen molar-refractivity contribution in [3.63, 3.8) is 0 Å². The van der Waals surface area contributed by atoms with E-state index in [1.54, 1.807) is 30.3 Å². The van der Waals surface area contributed by atoms with Crippen LogP contribution >= 0.6 is 0 Å². The Morgan fingerprint density at radius 3 is 2.68 bits per heavy atom. The second kappa shape index (κ2) is 7.45. The number of amides is 2. The van der Waals surface area contributed by atoms with Gasteiger partial charge in [-0.05, 0) is 12.5 Å². The van der Waals surface area contributed by atoms with Crippen molar-refractivity contribution in [3.05, 3.63) is 48.9 Å². The van der Waals surface area contributed by atoms with Gasteiger partial charge in [0.2, 0.25) is 23.5 Å². The summed E-state index contributed by atoms with van der Waals surface area (Å²) >= 11 is 0. The van der Waals surface area contributed by atoms with Gasteiger partial charge in [0.15, 0.2) is 5.41 Å². The molecule has 1 aliphatic heterocycles. The molecule has 2 heterocycles. The molecule has 0 radical (unpaired) electrons. The third-order valence-electron chi connectivity index (χ3n) is 4.63. The van der Waals surface area contributed by atoms with Crippen LogP contribution in [0.2, 0.25) is 0 Å². The van der Waals surface area contributed by atoms with Gasteiger partial charge < -0.3 is 14.7 Å². The molecule has 1 aromatic carbocycles. The van der Waals surface area contributed by atoms with Crippen molar-refractivity contribution in [2.45, 2.75) is 18.0 Å². The van der Waals surface area contributed by atoms with Crippen LogP contribution in [-0.4, -0.2) is 52.7 Å². The average molecular weight is 394 g/mol. The number of halogens is 3. The zero-order valence-electron chi connectivity index (χ0n) is 14.7. The van der Waals surface area contributed by atoms with E-state index < -0.39 is 48.8 Å². The summed E-state index contributed by atoms with van der Waals surface area (Å²) in [6.45, 7) is 2.02. The Hall–Kier alpha value is -3.17. The summed E-state index contributed by atoms with van der Waals surface area (Å²) in [6.07, 6.45) is -4.14. The predicted molar refractivity (Wildman–Crippen MR) is 91.9 cm³/mol. The molecule has 0 bridgehead atoms. The van der Waals surface area contributed by atoms with E-state index in [1.165, 1.54) is 0 Å². The number of carbonyl (C=O) groups is 2. The van der Waals surface area contributed by atoms with Gasteiger partial charge >= 0.3 is 6.18 Å². The van der Waals surface area contributed by atoms with Crippen LogP contribution < -0.4 is 5.32 Å². The van der Waals surface area contributed by atoms with Gasteiger partial charge in [-0.25, -0.2) is 0 Å². The van der Waals surface area contributed by atoms with Gasteiger partial charge in [-0.2, -0.15) is 18.2 Å². The first-order chi connectivity index (χ1) is 13.3. The van der Waals surface area contributed by atoms with Crippen molar-refractivity contribution >= 4 is 11.8 Å². The van der Waals surface area contributed by atoms with Gasteiger partial charge in [0, 0.05) is 18.7 Å². The summed E-state index contributed by atoms with van der Waals surface area (Å²) in [5.74, 6) is -1.75. The van der Waals surface area contributed by atoms with Crippen molar-refractivity contribution in [2.75, 3.05) is 19.6 Å². The van der Waals surface area contributed by atoms with Crippen LogP contribution in [0.5, 0.6) is 0 Å². The number of hydrogen-bond acceptors (Lipinski definition) is 5. The fraction of sp³-hybridized carbons (Fsp3) is 0.333. The molecule has 1 fully saturated rings. The summed E-state index contributed by atoms with van der Waals surface area (Å²) in [4.78, 5) is 28.3. The summed E-state index contributed by atoms with van der Waals surface area (Å²) in [6, 6.07) is 8.48. The second-order valence-electron chi connectivity index (χ2n) is 6.36. The zero-order valence-corrected chi connectivity index (χ0v) is 14.7. The number of carbonyl (C=O) groups excluding carboxylic acids is 2. The van der Waals surface area contributed by atoms with Gasteiger partial charge in [-0.3, -0.25) is 9.59 Å². The molecule has 28 heavy (non-hydrogen) atoms. The van der Waals surface area contributed by atoms with E-state index in [-0.39, 0.29) is 12.4 Å². The quantitative estimate of drug-likeness (QED) is 0.785. The van der Waals surface area contributed by atoms with Crippen LogP contribution in [0, 0.1) is 0 Å². The summed E-state index contributed by atoms with van der Waals surface area (Å²) in [5, 5.41) is 5.93. The van der Waals surface area contributed by atoms with E-state index in [1.807, 2.05) is 0 Å². The van der Waals surface area contributed by atoms with Crippen molar-refractivity contribution < 1.29 is 27.3 Å². The normalized spacial score (nSPS) is 19.5. The molecule has 0 aliphatic carbocycles. The van der Waals surface area contributed by atoms with Crippen LogP contribution in [0.1, 0.15) is 12.3 Å². The number of likely N-dealkylation sites (tertiary alicyclic amines) is 1. The van der Waals surface area contributed by atoms with E-state index in [9.17, 15) is 22.8 Å². The van der Waals surface area contributed by atoms with Crippen LogP contribution in [0.25, 0.3) is 11.4 Å². The molecule has 0 spiro atoms. The molecule has 7 nitrogen and oxygen atoms in total. The molecule has 1 aliphatic rings. The molecule has 3 rings (SSSR count). The lowest BCUT2D eigenvalue weighted by atomic mass is 9.86. The first-order valence-electron chi connectivity index (χ1n) is 8.41. The lowest BCUT2D eigenvalue weighted by Crippen LogP contribution is -2.47. The summed E-state index contributed by atoms with van der Waals surface area (Å²) < 4.78 is 46.9. The maximum absolute atomic E-state index is 14.0. The topological polar surface area (TPSA) is 88.3 Å². The number of benzene rings is 1. The molecule has 1 N–H and O–H groups in total. The number of nitrogens with zero attached hydrogens (tertiary/aromatic N) is 3. The van der Waals surface area contributed by atoms with E-state index in [2.05, 4.69) is 22.0 Å². The number of rotatable bonds is 5. The highest BCUT2D eigenvalue weighted by Gasteiger charge is 2.63. The predicted octanol–water partition coefficient (Wildman–Crippen LogP) is 2.07. The zero-order chi connectivity index (χ0) is 20.4. The molecular formula is C18H17F3N4O3. The van der Waals surface area contributed by atoms with E-state index in [0.29, 0.717) is 5.56 Å². The van der Waals surface area contributed by atoms with E-state index in [4.69, 9.17) is 4.52 Å². The van der Waals surface area contributed by atoms with Crippen molar-refractivity contribution in [2.24, 2.45) is 0 Å². The van der Waals surface area contributed by atoms with Crippen molar-refractivity contribution in [3.8, 4) is 11.4 Å². The van der Waals surface area contributed by atoms with Crippen LogP contribution in [0.15, 0.2) is 47.5 Å². The first-order valence-corrected chi connectivity index (χ1v) is 8.41. The number of nitrogens with one attached hydrogen (secondary N) is 1. The minimum atomic E-state index is -4.70. The van der Waals surface area contributed by atoms with Gasteiger partial charge in [-0.1, -0.05) is 42.1 Å². The molecule has 2 amide bonds. The minimum Gasteiger partial charge on any atom is -0.343 e. The Bertz CT molecular complexity index is 882. The maximum Gasteiger partial charge on any atom is 0.405 e. The third kappa shape index (κ3) is 3.62. The Balaban J connectivity index is 1.84. The highest BCUT2D eigenvalue weighted by Crippen LogP contribution is 2.47. The fourth-order valence-corrected chi connectivity index (χ4v) is 3.02. The Labute approximate surface area is 158 Å². The molecule has 148 valence electrons. The number of alkyl halides is 3. The first kappa shape index (κ1) is 19.6. The summed E-state index contributed by atoms with van der Waals surface area (Å²) in [5.41, 5.74) is -1.93. The van der Waals surface area contributed by atoms with Crippen LogP contribution in [0.4, 0.5) is 13.2 Å². The van der Waals surface area contributed by atoms with Crippen LogP contribution in [-0.2, 0) is 15.0 Å².